The van der Waals surface area contributed by atoms with Crippen molar-refractivity contribution < 1.29 is 10.2 Å². The van der Waals surface area contributed by atoms with Crippen LogP contribution < -0.4 is 5.32 Å². The van der Waals surface area contributed by atoms with E-state index in [1.165, 1.54) is 6.33 Å². The smallest absolute Gasteiger partial charge is 0.134 e. The zero-order valence-electron chi connectivity index (χ0n) is 8.67. The van der Waals surface area contributed by atoms with Crippen molar-refractivity contribution in [3.05, 3.63) is 17.5 Å². The molecule has 1 aliphatic carbocycles. The maximum Gasteiger partial charge on any atom is 0.134 e. The van der Waals surface area contributed by atoms with Gasteiger partial charge in [0.2, 0.25) is 0 Å². The van der Waals surface area contributed by atoms with Gasteiger partial charge in [-0.15, -0.1) is 0 Å². The van der Waals surface area contributed by atoms with Gasteiger partial charge in [0, 0.05) is 24.6 Å². The molecule has 3 unspecified atom stereocenters. The number of hydrogen-bond donors (Lipinski definition) is 3. The van der Waals surface area contributed by atoms with E-state index in [9.17, 15) is 5.11 Å². The number of nitrogens with one attached hydrogen (secondary N) is 1. The van der Waals surface area contributed by atoms with Crippen molar-refractivity contribution in [3.8, 4) is 0 Å². The van der Waals surface area contributed by atoms with Gasteiger partial charge in [0.05, 0.1) is 6.10 Å². The van der Waals surface area contributed by atoms with Crippen LogP contribution >= 0.6 is 11.6 Å². The minimum absolute atomic E-state index is 0.0177. The summed E-state index contributed by atoms with van der Waals surface area (Å²) in [6.45, 7) is 0.0177. The van der Waals surface area contributed by atoms with Crippen LogP contribution in [0.2, 0.25) is 5.15 Å². The van der Waals surface area contributed by atoms with Gasteiger partial charge < -0.3 is 15.5 Å². The highest BCUT2D eigenvalue weighted by Crippen LogP contribution is 2.28. The quantitative estimate of drug-likeness (QED) is 0.681. The standard InChI is InChI=1S/C10H14ClN3O2/c11-9-3-10(13-5-12-9)14-7-1-6(4-15)8(16)2-7/h3,5-8,15-16H,1-2,4H2,(H,12,13,14). The average Bonchev–Trinajstić information content (AvgIpc) is 2.58. The zero-order chi connectivity index (χ0) is 11.5. The predicted octanol–water partition coefficient (Wildman–Crippen LogP) is 0.674. The van der Waals surface area contributed by atoms with Crippen molar-refractivity contribution in [1.29, 1.82) is 0 Å². The third-order valence-electron chi connectivity index (χ3n) is 2.88. The topological polar surface area (TPSA) is 78.3 Å². The molecule has 1 aliphatic rings. The Bertz CT molecular complexity index is 364. The molecule has 0 radical (unpaired) electrons. The monoisotopic (exact) mass is 243 g/mol. The number of aliphatic hydroxyl groups is 2. The Morgan fingerprint density at radius 2 is 2.25 bits per heavy atom. The van der Waals surface area contributed by atoms with Crippen LogP contribution in [-0.2, 0) is 0 Å². The molecule has 0 amide bonds. The summed E-state index contributed by atoms with van der Waals surface area (Å²) < 4.78 is 0. The third kappa shape index (κ3) is 2.61. The Morgan fingerprint density at radius 3 is 2.88 bits per heavy atom. The van der Waals surface area contributed by atoms with Crippen LogP contribution in [0, 0.1) is 5.92 Å². The van der Waals surface area contributed by atoms with E-state index in [1.54, 1.807) is 6.07 Å². The van der Waals surface area contributed by atoms with E-state index in [-0.39, 0.29) is 18.6 Å². The highest BCUT2D eigenvalue weighted by molar-refractivity contribution is 6.29. The minimum atomic E-state index is -0.445. The van der Waals surface area contributed by atoms with Gasteiger partial charge in [0.15, 0.2) is 0 Å². The molecule has 3 N–H and O–H groups in total. The Kier molecular flexibility index (Phi) is 3.58. The Balaban J connectivity index is 1.96. The van der Waals surface area contributed by atoms with Crippen molar-refractivity contribution in [2.75, 3.05) is 11.9 Å². The van der Waals surface area contributed by atoms with E-state index in [2.05, 4.69) is 15.3 Å². The van der Waals surface area contributed by atoms with Crippen molar-refractivity contribution in [2.24, 2.45) is 5.92 Å². The molecule has 6 heteroatoms. The first-order valence-electron chi connectivity index (χ1n) is 5.22. The van der Waals surface area contributed by atoms with E-state index in [0.29, 0.717) is 17.4 Å². The van der Waals surface area contributed by atoms with Crippen molar-refractivity contribution >= 4 is 17.4 Å². The Hall–Kier alpha value is -0.910. The van der Waals surface area contributed by atoms with Gasteiger partial charge in [-0.3, -0.25) is 0 Å². The van der Waals surface area contributed by atoms with Gasteiger partial charge in [-0.05, 0) is 12.8 Å². The molecule has 16 heavy (non-hydrogen) atoms. The summed E-state index contributed by atoms with van der Waals surface area (Å²) in [5.74, 6) is 0.602. The fraction of sp³-hybridized carbons (Fsp3) is 0.600. The van der Waals surface area contributed by atoms with Gasteiger partial charge in [-0.2, -0.15) is 0 Å². The molecule has 0 bridgehead atoms. The van der Waals surface area contributed by atoms with Gasteiger partial charge in [0.25, 0.3) is 0 Å². The summed E-state index contributed by atoms with van der Waals surface area (Å²) in [7, 11) is 0. The van der Waals surface area contributed by atoms with E-state index < -0.39 is 6.10 Å². The third-order valence-corrected chi connectivity index (χ3v) is 3.08. The maximum absolute atomic E-state index is 9.63. The number of hydrogen-bond acceptors (Lipinski definition) is 5. The lowest BCUT2D eigenvalue weighted by Gasteiger charge is -2.12. The molecule has 1 aromatic rings. The lowest BCUT2D eigenvalue weighted by atomic mass is 10.1. The molecule has 1 aromatic heterocycles. The van der Waals surface area contributed by atoms with Crippen molar-refractivity contribution in [3.63, 3.8) is 0 Å². The SMILES string of the molecule is OCC1CC(Nc2cc(Cl)ncn2)CC1O. The lowest BCUT2D eigenvalue weighted by Crippen LogP contribution is -2.17. The molecule has 0 saturated heterocycles. The fourth-order valence-corrected chi connectivity index (χ4v) is 2.19. The Morgan fingerprint density at radius 1 is 1.44 bits per heavy atom. The minimum Gasteiger partial charge on any atom is -0.396 e. The maximum atomic E-state index is 9.63. The van der Waals surface area contributed by atoms with Crippen LogP contribution in [0.25, 0.3) is 0 Å². The molecule has 0 aliphatic heterocycles. The first kappa shape index (κ1) is 11.6. The van der Waals surface area contributed by atoms with Crippen LogP contribution in [0.4, 0.5) is 5.82 Å². The molecular formula is C10H14ClN3O2. The summed E-state index contributed by atoms with van der Waals surface area (Å²) in [6, 6.07) is 1.76. The molecule has 88 valence electrons. The van der Waals surface area contributed by atoms with Crippen LogP contribution in [0.5, 0.6) is 0 Å². The largest absolute Gasteiger partial charge is 0.396 e. The highest BCUT2D eigenvalue weighted by Gasteiger charge is 2.32. The first-order valence-corrected chi connectivity index (χ1v) is 5.60. The lowest BCUT2D eigenvalue weighted by molar-refractivity contribution is 0.0908. The average molecular weight is 244 g/mol. The Labute approximate surface area is 98.5 Å². The number of anilines is 1. The van der Waals surface area contributed by atoms with Gasteiger partial charge >= 0.3 is 0 Å². The van der Waals surface area contributed by atoms with Crippen LogP contribution in [0.15, 0.2) is 12.4 Å². The van der Waals surface area contributed by atoms with Crippen molar-refractivity contribution in [2.45, 2.75) is 25.0 Å². The number of rotatable bonds is 3. The van der Waals surface area contributed by atoms with E-state index in [0.717, 1.165) is 6.42 Å². The normalized spacial score (nSPS) is 29.3. The van der Waals surface area contributed by atoms with E-state index in [1.807, 2.05) is 0 Å². The van der Waals surface area contributed by atoms with Crippen LogP contribution in [0.3, 0.4) is 0 Å². The summed E-state index contributed by atoms with van der Waals surface area (Å²) in [5.41, 5.74) is 0. The molecule has 3 atom stereocenters. The van der Waals surface area contributed by atoms with Gasteiger partial charge in [-0.25, -0.2) is 9.97 Å². The molecule has 0 spiro atoms. The molecule has 1 heterocycles. The van der Waals surface area contributed by atoms with E-state index in [4.69, 9.17) is 16.7 Å². The number of nitrogens with zero attached hydrogens (tertiary/aromatic N) is 2. The molecule has 5 nitrogen and oxygen atoms in total. The summed E-state index contributed by atoms with van der Waals surface area (Å²) in [4.78, 5) is 7.81. The van der Waals surface area contributed by atoms with Crippen LogP contribution in [0.1, 0.15) is 12.8 Å². The molecular weight excluding hydrogens is 230 g/mol. The second-order valence-electron chi connectivity index (χ2n) is 4.05. The summed E-state index contributed by atoms with van der Waals surface area (Å²) >= 11 is 5.73. The molecule has 2 rings (SSSR count). The summed E-state index contributed by atoms with van der Waals surface area (Å²) in [5, 5.41) is 22.2. The van der Waals surface area contributed by atoms with Gasteiger partial charge in [0.1, 0.15) is 17.3 Å². The number of aromatic nitrogens is 2. The number of aliphatic hydroxyl groups excluding tert-OH is 2. The molecule has 1 saturated carbocycles. The zero-order valence-corrected chi connectivity index (χ0v) is 9.43. The van der Waals surface area contributed by atoms with Gasteiger partial charge in [-0.1, -0.05) is 11.6 Å². The molecule has 1 fully saturated rings. The molecule has 0 aromatic carbocycles. The fourth-order valence-electron chi connectivity index (χ4n) is 2.04. The second-order valence-corrected chi connectivity index (χ2v) is 4.44. The number of halogens is 1. The predicted molar refractivity (Wildman–Crippen MR) is 60.3 cm³/mol. The second kappa shape index (κ2) is 4.95. The summed E-state index contributed by atoms with van der Waals surface area (Å²) in [6.07, 6.45) is 2.30. The van der Waals surface area contributed by atoms with Crippen molar-refractivity contribution in [1.82, 2.24) is 9.97 Å². The van der Waals surface area contributed by atoms with Crippen LogP contribution in [-0.4, -0.2) is 38.9 Å². The first-order chi connectivity index (χ1) is 7.69. The van der Waals surface area contributed by atoms with E-state index >= 15 is 0 Å². The highest BCUT2D eigenvalue weighted by atomic mass is 35.5.